The molecule has 5 rings (SSSR count). The highest BCUT2D eigenvalue weighted by Gasteiger charge is 2.45. The van der Waals surface area contributed by atoms with E-state index in [0.29, 0.717) is 38.7 Å². The molecule has 0 aliphatic carbocycles. The number of esters is 1. The van der Waals surface area contributed by atoms with Crippen LogP contribution in [0.25, 0.3) is 11.0 Å². The maximum atomic E-state index is 13.7. The Hall–Kier alpha value is -4.56. The highest BCUT2D eigenvalue weighted by molar-refractivity contribution is 6.31. The number of amides is 1. The normalized spacial score (nSPS) is 15.4. The molecule has 0 saturated heterocycles. The molecular weight excluding hydrogens is 498 g/mol. The molecule has 3 aromatic carbocycles. The van der Waals surface area contributed by atoms with Gasteiger partial charge in [-0.05, 0) is 54.1 Å². The van der Waals surface area contributed by atoms with E-state index in [9.17, 15) is 19.5 Å². The average molecular weight is 518 g/mol. The van der Waals surface area contributed by atoms with Crippen molar-refractivity contribution in [3.8, 4) is 11.5 Å². The van der Waals surface area contributed by atoms with E-state index in [-0.39, 0.29) is 11.3 Å². The molecule has 2 heterocycles. The summed E-state index contributed by atoms with van der Waals surface area (Å²) in [5, 5.41) is 12.1. The quantitative estimate of drug-likeness (QED) is 0.195. The second kappa shape index (κ2) is 9.48. The van der Waals surface area contributed by atoms with Crippen molar-refractivity contribution in [1.82, 2.24) is 0 Å². The maximum absolute atomic E-state index is 13.7. The van der Waals surface area contributed by atoms with Crippen LogP contribution < -0.4 is 14.4 Å². The van der Waals surface area contributed by atoms with Gasteiger partial charge in [0.15, 0.2) is 11.5 Å². The number of furan rings is 1. The van der Waals surface area contributed by atoms with Gasteiger partial charge in [0.25, 0.3) is 5.91 Å². The van der Waals surface area contributed by atoms with Crippen LogP contribution in [-0.4, -0.2) is 29.9 Å². The van der Waals surface area contributed by atoms with Crippen LogP contribution in [-0.2, 0) is 9.59 Å². The molecular formula is C28H20ClNO7. The summed E-state index contributed by atoms with van der Waals surface area (Å²) in [7, 11) is 1.49. The van der Waals surface area contributed by atoms with Crippen molar-refractivity contribution in [1.29, 1.82) is 0 Å². The van der Waals surface area contributed by atoms with Crippen molar-refractivity contribution in [3.05, 3.63) is 100 Å². The second-order valence-electron chi connectivity index (χ2n) is 8.33. The van der Waals surface area contributed by atoms with Crippen LogP contribution in [0.1, 0.15) is 29.1 Å². The van der Waals surface area contributed by atoms with Crippen LogP contribution >= 0.6 is 11.6 Å². The molecule has 1 unspecified atom stereocenters. The molecule has 8 nitrogen and oxygen atoms in total. The van der Waals surface area contributed by atoms with Gasteiger partial charge in [-0.15, -0.1) is 0 Å². The molecule has 4 aromatic rings. The number of methoxy groups -OCH3 is 1. The monoisotopic (exact) mass is 517 g/mol. The second-order valence-corrected chi connectivity index (χ2v) is 8.76. The first-order valence-electron chi connectivity index (χ1n) is 11.2. The SMILES string of the molecule is COc1cccc(N2C(=O)C(O)=C(C(=O)c3cc4cc(Cl)ccc4o3)C2c2ccc(OC(C)=O)cc2)c1. The summed E-state index contributed by atoms with van der Waals surface area (Å²) >= 11 is 6.07. The molecule has 1 N–H and O–H groups in total. The predicted molar refractivity (Wildman–Crippen MR) is 136 cm³/mol. The van der Waals surface area contributed by atoms with Gasteiger partial charge in [0, 0.05) is 29.1 Å². The Morgan fingerprint density at radius 2 is 1.76 bits per heavy atom. The van der Waals surface area contributed by atoms with Crippen LogP contribution in [0.4, 0.5) is 5.69 Å². The Labute approximate surface area is 216 Å². The number of nitrogens with zero attached hydrogens (tertiary/aromatic N) is 1. The molecule has 37 heavy (non-hydrogen) atoms. The van der Waals surface area contributed by atoms with E-state index in [1.165, 1.54) is 25.0 Å². The number of Topliss-reactive ketones (excluding diaryl/α,β-unsaturated/α-hetero) is 1. The minimum absolute atomic E-state index is 0.0550. The fourth-order valence-corrected chi connectivity index (χ4v) is 4.50. The van der Waals surface area contributed by atoms with E-state index in [1.54, 1.807) is 66.7 Å². The van der Waals surface area contributed by atoms with Gasteiger partial charge < -0.3 is 19.0 Å². The number of hydrogen-bond acceptors (Lipinski definition) is 7. The van der Waals surface area contributed by atoms with Gasteiger partial charge in [0.1, 0.15) is 17.1 Å². The summed E-state index contributed by atoms with van der Waals surface area (Å²) in [4.78, 5) is 39.8. The van der Waals surface area contributed by atoms with Crippen LogP contribution in [0.3, 0.4) is 0 Å². The Kier molecular flexibility index (Phi) is 6.19. The summed E-state index contributed by atoms with van der Waals surface area (Å²) in [5.41, 5.74) is 1.19. The van der Waals surface area contributed by atoms with Crippen molar-refractivity contribution in [3.63, 3.8) is 0 Å². The van der Waals surface area contributed by atoms with E-state index < -0.39 is 29.5 Å². The topological polar surface area (TPSA) is 106 Å². The maximum Gasteiger partial charge on any atom is 0.308 e. The lowest BCUT2D eigenvalue weighted by molar-refractivity contribution is -0.131. The molecule has 1 aliphatic heterocycles. The van der Waals surface area contributed by atoms with E-state index in [4.69, 9.17) is 25.5 Å². The molecule has 1 aromatic heterocycles. The van der Waals surface area contributed by atoms with Gasteiger partial charge in [-0.1, -0.05) is 29.8 Å². The minimum Gasteiger partial charge on any atom is -0.503 e. The fourth-order valence-electron chi connectivity index (χ4n) is 4.32. The molecule has 1 aliphatic rings. The lowest BCUT2D eigenvalue weighted by Crippen LogP contribution is -2.31. The largest absolute Gasteiger partial charge is 0.503 e. The summed E-state index contributed by atoms with van der Waals surface area (Å²) in [5.74, 6) is -1.87. The number of ketones is 1. The number of aliphatic hydroxyl groups is 1. The van der Waals surface area contributed by atoms with Crippen LogP contribution in [0.5, 0.6) is 11.5 Å². The van der Waals surface area contributed by atoms with Gasteiger partial charge >= 0.3 is 5.97 Å². The van der Waals surface area contributed by atoms with E-state index in [0.717, 1.165) is 0 Å². The Bertz CT molecular complexity index is 1590. The number of fused-ring (bicyclic) bond motifs is 1. The number of carbonyl (C=O) groups excluding carboxylic acids is 3. The summed E-state index contributed by atoms with van der Waals surface area (Å²) in [6.45, 7) is 1.28. The molecule has 0 saturated carbocycles. The summed E-state index contributed by atoms with van der Waals surface area (Å²) in [6, 6.07) is 18.5. The highest BCUT2D eigenvalue weighted by Crippen LogP contribution is 2.43. The minimum atomic E-state index is -1.00. The van der Waals surface area contributed by atoms with Crippen LogP contribution in [0.2, 0.25) is 5.02 Å². The zero-order chi connectivity index (χ0) is 26.3. The van der Waals surface area contributed by atoms with Crippen molar-refractivity contribution < 1.29 is 33.4 Å². The number of aliphatic hydroxyl groups excluding tert-OH is 1. The number of halogens is 1. The van der Waals surface area contributed by atoms with E-state index in [1.807, 2.05) is 0 Å². The number of carbonyl (C=O) groups is 3. The zero-order valence-corrected chi connectivity index (χ0v) is 20.5. The van der Waals surface area contributed by atoms with Crippen LogP contribution in [0, 0.1) is 0 Å². The van der Waals surface area contributed by atoms with Crippen molar-refractivity contribution in [2.24, 2.45) is 0 Å². The van der Waals surface area contributed by atoms with Crippen LogP contribution in [0.15, 0.2) is 88.5 Å². The van der Waals surface area contributed by atoms with Gasteiger partial charge in [-0.3, -0.25) is 19.3 Å². The molecule has 0 bridgehead atoms. The lowest BCUT2D eigenvalue weighted by Gasteiger charge is -2.27. The Morgan fingerprint density at radius 3 is 2.46 bits per heavy atom. The third-order valence-electron chi connectivity index (χ3n) is 5.94. The molecule has 0 radical (unpaired) electrons. The van der Waals surface area contributed by atoms with E-state index >= 15 is 0 Å². The van der Waals surface area contributed by atoms with Crippen molar-refractivity contribution in [2.45, 2.75) is 13.0 Å². The number of benzene rings is 3. The third kappa shape index (κ3) is 4.43. The first-order valence-corrected chi connectivity index (χ1v) is 11.6. The van der Waals surface area contributed by atoms with Gasteiger partial charge in [-0.25, -0.2) is 0 Å². The first-order chi connectivity index (χ1) is 17.8. The first kappa shape index (κ1) is 24.1. The van der Waals surface area contributed by atoms with Gasteiger partial charge in [-0.2, -0.15) is 0 Å². The number of rotatable bonds is 6. The standard InChI is InChI=1S/C28H20ClNO7/c1-15(31)36-20-9-6-16(7-10-20)25-24(26(32)23-13-17-12-18(29)8-11-22(17)37-23)27(33)28(34)30(25)19-4-3-5-21(14-19)35-2/h3-14,25,33H,1-2H3. The summed E-state index contributed by atoms with van der Waals surface area (Å²) in [6.07, 6.45) is 0. The predicted octanol–water partition coefficient (Wildman–Crippen LogP) is 5.80. The molecule has 1 amide bonds. The molecule has 186 valence electrons. The Balaban J connectivity index is 1.63. The van der Waals surface area contributed by atoms with Crippen molar-refractivity contribution in [2.75, 3.05) is 12.0 Å². The molecule has 9 heteroatoms. The van der Waals surface area contributed by atoms with Gasteiger partial charge in [0.05, 0.1) is 18.7 Å². The van der Waals surface area contributed by atoms with E-state index in [2.05, 4.69) is 0 Å². The fraction of sp³-hybridized carbons (Fsp3) is 0.107. The van der Waals surface area contributed by atoms with Crippen molar-refractivity contribution >= 4 is 45.9 Å². The zero-order valence-electron chi connectivity index (χ0n) is 19.7. The number of ether oxygens (including phenoxy) is 2. The number of hydrogen-bond donors (Lipinski definition) is 1. The third-order valence-corrected chi connectivity index (χ3v) is 6.18. The number of anilines is 1. The average Bonchev–Trinajstić information content (AvgIpc) is 3.42. The highest BCUT2D eigenvalue weighted by atomic mass is 35.5. The molecule has 1 atom stereocenters. The summed E-state index contributed by atoms with van der Waals surface area (Å²) < 4.78 is 16.2. The Morgan fingerprint density at radius 1 is 1.00 bits per heavy atom. The molecule has 0 fully saturated rings. The smallest absolute Gasteiger partial charge is 0.308 e. The lowest BCUT2D eigenvalue weighted by atomic mass is 9.94. The van der Waals surface area contributed by atoms with Gasteiger partial charge in [0.2, 0.25) is 5.78 Å². The molecule has 0 spiro atoms.